The van der Waals surface area contributed by atoms with E-state index in [9.17, 15) is 0 Å². The molecule has 0 heterocycles. The van der Waals surface area contributed by atoms with E-state index in [0.717, 1.165) is 31.3 Å². The highest BCUT2D eigenvalue weighted by Crippen LogP contribution is 2.33. The average Bonchev–Trinajstić information content (AvgIpc) is 2.95. The third-order valence-corrected chi connectivity index (χ3v) is 2.78. The summed E-state index contributed by atoms with van der Waals surface area (Å²) in [7, 11) is 0. The average molecular weight is 339 g/mol. The van der Waals surface area contributed by atoms with Gasteiger partial charge < -0.3 is 11.1 Å². The topological polar surface area (TPSA) is 50.4 Å². The first-order valence-corrected chi connectivity index (χ1v) is 6.22. The van der Waals surface area contributed by atoms with E-state index in [2.05, 4.69) is 24.2 Å². The maximum Gasteiger partial charge on any atom is 0.188 e. The highest BCUT2D eigenvalue weighted by molar-refractivity contribution is 14.0. The third-order valence-electron chi connectivity index (χ3n) is 2.78. The van der Waals surface area contributed by atoms with Crippen molar-refractivity contribution in [3.8, 4) is 0 Å². The van der Waals surface area contributed by atoms with Crippen molar-refractivity contribution in [2.24, 2.45) is 22.6 Å². The largest absolute Gasteiger partial charge is 0.370 e. The van der Waals surface area contributed by atoms with Gasteiger partial charge in [-0.3, -0.25) is 4.99 Å². The highest BCUT2D eigenvalue weighted by atomic mass is 127. The van der Waals surface area contributed by atoms with E-state index in [1.165, 1.54) is 25.7 Å². The molecule has 0 aliphatic heterocycles. The normalized spacial score (nSPS) is 16.1. The van der Waals surface area contributed by atoms with Crippen molar-refractivity contribution in [1.82, 2.24) is 5.32 Å². The summed E-state index contributed by atoms with van der Waals surface area (Å²) in [5.41, 5.74) is 5.73. The summed E-state index contributed by atoms with van der Waals surface area (Å²) in [6.07, 6.45) is 6.55. The third kappa shape index (κ3) is 9.24. The van der Waals surface area contributed by atoms with E-state index < -0.39 is 0 Å². The van der Waals surface area contributed by atoms with Crippen LogP contribution in [0.15, 0.2) is 4.99 Å². The monoisotopic (exact) mass is 339 g/mol. The Bertz CT molecular complexity index is 200. The molecule has 1 aliphatic carbocycles. The standard InChI is InChI=1S/C12H25N3.HI/c1-10(2)7-9-15-12(13)14-8-3-4-11-5-6-11;/h10-11H,3-9H2,1-2H3,(H3,13,14,15);1H. The Morgan fingerprint density at radius 3 is 2.69 bits per heavy atom. The van der Waals surface area contributed by atoms with Crippen molar-refractivity contribution >= 4 is 29.9 Å². The van der Waals surface area contributed by atoms with Gasteiger partial charge in [0.15, 0.2) is 5.96 Å². The Morgan fingerprint density at radius 2 is 2.12 bits per heavy atom. The number of aliphatic imine (C=N–C) groups is 1. The molecular formula is C12H26IN3. The second-order valence-electron chi connectivity index (χ2n) is 4.96. The molecule has 1 rings (SSSR count). The van der Waals surface area contributed by atoms with Gasteiger partial charge >= 0.3 is 0 Å². The van der Waals surface area contributed by atoms with Gasteiger partial charge in [-0.05, 0) is 31.1 Å². The molecule has 0 amide bonds. The van der Waals surface area contributed by atoms with Crippen LogP contribution in [0.1, 0.15) is 46.0 Å². The maximum absolute atomic E-state index is 5.73. The van der Waals surface area contributed by atoms with Gasteiger partial charge in [-0.1, -0.05) is 26.7 Å². The molecular weight excluding hydrogens is 313 g/mol. The number of hydrogen-bond donors (Lipinski definition) is 2. The lowest BCUT2D eigenvalue weighted by atomic mass is 10.1. The van der Waals surface area contributed by atoms with Crippen LogP contribution in [0.25, 0.3) is 0 Å². The molecule has 3 nitrogen and oxygen atoms in total. The SMILES string of the molecule is CC(C)CCNC(N)=NCCCC1CC1.I. The van der Waals surface area contributed by atoms with Gasteiger partial charge in [0.1, 0.15) is 0 Å². The summed E-state index contributed by atoms with van der Waals surface area (Å²) in [4.78, 5) is 4.30. The van der Waals surface area contributed by atoms with E-state index >= 15 is 0 Å². The van der Waals surface area contributed by atoms with E-state index in [1.54, 1.807) is 0 Å². The fourth-order valence-corrected chi connectivity index (χ4v) is 1.53. The molecule has 0 spiro atoms. The lowest BCUT2D eigenvalue weighted by Gasteiger charge is -2.07. The fraction of sp³-hybridized carbons (Fsp3) is 0.917. The second kappa shape index (κ2) is 9.07. The van der Waals surface area contributed by atoms with Gasteiger partial charge in [0.25, 0.3) is 0 Å². The number of nitrogens with one attached hydrogen (secondary N) is 1. The van der Waals surface area contributed by atoms with E-state index in [-0.39, 0.29) is 24.0 Å². The zero-order valence-electron chi connectivity index (χ0n) is 10.5. The van der Waals surface area contributed by atoms with Crippen molar-refractivity contribution in [1.29, 1.82) is 0 Å². The van der Waals surface area contributed by atoms with Crippen LogP contribution in [-0.2, 0) is 0 Å². The number of halogens is 1. The molecule has 0 atom stereocenters. The van der Waals surface area contributed by atoms with Gasteiger partial charge in [0.05, 0.1) is 0 Å². The van der Waals surface area contributed by atoms with E-state index in [4.69, 9.17) is 5.73 Å². The van der Waals surface area contributed by atoms with E-state index in [1.807, 2.05) is 0 Å². The summed E-state index contributed by atoms with van der Waals surface area (Å²) in [5.74, 6) is 2.35. The molecule has 0 saturated heterocycles. The van der Waals surface area contributed by atoms with Gasteiger partial charge in [-0.2, -0.15) is 0 Å². The molecule has 0 unspecified atom stereocenters. The molecule has 4 heteroatoms. The molecule has 0 aromatic heterocycles. The summed E-state index contributed by atoms with van der Waals surface area (Å²) in [6.45, 7) is 6.25. The summed E-state index contributed by atoms with van der Waals surface area (Å²) < 4.78 is 0. The Labute approximate surface area is 117 Å². The van der Waals surface area contributed by atoms with Crippen LogP contribution in [0.5, 0.6) is 0 Å². The second-order valence-corrected chi connectivity index (χ2v) is 4.96. The minimum atomic E-state index is 0. The number of nitrogens with zero attached hydrogens (tertiary/aromatic N) is 1. The molecule has 0 aromatic carbocycles. The van der Waals surface area contributed by atoms with Crippen LogP contribution in [0, 0.1) is 11.8 Å². The van der Waals surface area contributed by atoms with Crippen molar-refractivity contribution in [2.45, 2.75) is 46.0 Å². The predicted molar refractivity (Wildman–Crippen MR) is 81.3 cm³/mol. The van der Waals surface area contributed by atoms with Crippen LogP contribution in [-0.4, -0.2) is 19.0 Å². The minimum Gasteiger partial charge on any atom is -0.370 e. The van der Waals surface area contributed by atoms with E-state index in [0.29, 0.717) is 5.96 Å². The van der Waals surface area contributed by atoms with Crippen LogP contribution < -0.4 is 11.1 Å². The fourth-order valence-electron chi connectivity index (χ4n) is 1.53. The number of hydrogen-bond acceptors (Lipinski definition) is 1. The molecule has 0 radical (unpaired) electrons. The number of guanidine groups is 1. The van der Waals surface area contributed by atoms with Gasteiger partial charge in [-0.25, -0.2) is 0 Å². The van der Waals surface area contributed by atoms with Crippen molar-refractivity contribution < 1.29 is 0 Å². The van der Waals surface area contributed by atoms with Gasteiger partial charge in [0, 0.05) is 13.1 Å². The van der Waals surface area contributed by atoms with Crippen molar-refractivity contribution in [2.75, 3.05) is 13.1 Å². The molecule has 1 saturated carbocycles. The minimum absolute atomic E-state index is 0. The molecule has 0 aromatic rings. The van der Waals surface area contributed by atoms with Gasteiger partial charge in [0.2, 0.25) is 0 Å². The summed E-state index contributed by atoms with van der Waals surface area (Å²) in [5, 5.41) is 3.15. The van der Waals surface area contributed by atoms with Crippen LogP contribution >= 0.6 is 24.0 Å². The quantitative estimate of drug-likeness (QED) is 0.324. The lowest BCUT2D eigenvalue weighted by Crippen LogP contribution is -2.33. The Balaban J connectivity index is 0.00000225. The Morgan fingerprint density at radius 1 is 1.44 bits per heavy atom. The maximum atomic E-state index is 5.73. The molecule has 1 aliphatic rings. The zero-order valence-corrected chi connectivity index (χ0v) is 12.9. The summed E-state index contributed by atoms with van der Waals surface area (Å²) >= 11 is 0. The molecule has 16 heavy (non-hydrogen) atoms. The predicted octanol–water partition coefficient (Wildman–Crippen LogP) is 2.75. The first-order chi connectivity index (χ1) is 7.18. The van der Waals surface area contributed by atoms with Crippen LogP contribution in [0.3, 0.4) is 0 Å². The Kier molecular flexibility index (Phi) is 9.07. The van der Waals surface area contributed by atoms with Crippen LogP contribution in [0.2, 0.25) is 0 Å². The molecule has 3 N–H and O–H groups in total. The highest BCUT2D eigenvalue weighted by Gasteiger charge is 2.19. The smallest absolute Gasteiger partial charge is 0.188 e. The summed E-state index contributed by atoms with van der Waals surface area (Å²) in [6, 6.07) is 0. The number of nitrogens with two attached hydrogens (primary N) is 1. The van der Waals surface area contributed by atoms with Crippen molar-refractivity contribution in [3.05, 3.63) is 0 Å². The zero-order chi connectivity index (χ0) is 11.1. The Hall–Kier alpha value is 0. The lowest BCUT2D eigenvalue weighted by molar-refractivity contribution is 0.576. The first-order valence-electron chi connectivity index (χ1n) is 6.22. The van der Waals surface area contributed by atoms with Crippen molar-refractivity contribution in [3.63, 3.8) is 0 Å². The number of rotatable bonds is 7. The molecule has 0 bridgehead atoms. The molecule has 96 valence electrons. The van der Waals surface area contributed by atoms with Gasteiger partial charge in [-0.15, -0.1) is 24.0 Å². The first kappa shape index (κ1) is 16.0. The molecule has 1 fully saturated rings. The van der Waals surface area contributed by atoms with Crippen LogP contribution in [0.4, 0.5) is 0 Å².